The molecule has 1 aromatic heterocycles. The Morgan fingerprint density at radius 3 is 2.75 bits per heavy atom. The molecule has 6 heteroatoms. The molecule has 0 amide bonds. The molecule has 1 fully saturated rings. The summed E-state index contributed by atoms with van der Waals surface area (Å²) in [5.41, 5.74) is 2.43. The number of rotatable bonds is 8. The van der Waals surface area contributed by atoms with E-state index in [1.165, 1.54) is 19.1 Å². The molecular formula is C22H29BrN4O. The summed E-state index contributed by atoms with van der Waals surface area (Å²) in [5, 5.41) is 11.9. The second-order valence-electron chi connectivity index (χ2n) is 8.00. The standard InChI is InChI=1S/C22H29BrN4O/c1-27(2)14-15-5-8-17(9-6-15)26-22-18-12-16(23)7-10-20(18)25-13-19(22)21(28)4-3-11-24/h7,10-13,15,17,24H,3-6,8-9,14H2,1-2H3,(H,25,26). The lowest BCUT2D eigenvalue weighted by Crippen LogP contribution is -2.31. The molecular weight excluding hydrogens is 416 g/mol. The van der Waals surface area contributed by atoms with Crippen molar-refractivity contribution in [3.05, 3.63) is 34.4 Å². The van der Waals surface area contributed by atoms with Crippen LogP contribution in [0.25, 0.3) is 10.9 Å². The van der Waals surface area contributed by atoms with E-state index in [4.69, 9.17) is 5.41 Å². The topological polar surface area (TPSA) is 69.1 Å². The van der Waals surface area contributed by atoms with E-state index >= 15 is 0 Å². The number of ketones is 1. The van der Waals surface area contributed by atoms with Crippen molar-refractivity contribution in [1.82, 2.24) is 9.88 Å². The predicted octanol–water partition coefficient (Wildman–Crippen LogP) is 5.14. The maximum atomic E-state index is 12.8. The van der Waals surface area contributed by atoms with Gasteiger partial charge in [0, 0.05) is 35.1 Å². The fourth-order valence-electron chi connectivity index (χ4n) is 4.08. The summed E-state index contributed by atoms with van der Waals surface area (Å²) in [6.07, 6.45) is 8.44. The Kier molecular flexibility index (Phi) is 7.18. The van der Waals surface area contributed by atoms with Gasteiger partial charge in [-0.2, -0.15) is 0 Å². The van der Waals surface area contributed by atoms with E-state index in [2.05, 4.69) is 45.2 Å². The highest BCUT2D eigenvalue weighted by Crippen LogP contribution is 2.33. The van der Waals surface area contributed by atoms with Gasteiger partial charge in [0.25, 0.3) is 0 Å². The van der Waals surface area contributed by atoms with Gasteiger partial charge in [0.1, 0.15) is 0 Å². The third-order valence-electron chi connectivity index (χ3n) is 5.46. The lowest BCUT2D eigenvalue weighted by molar-refractivity contribution is 0.0985. The van der Waals surface area contributed by atoms with Crippen molar-refractivity contribution >= 4 is 44.5 Å². The van der Waals surface area contributed by atoms with Crippen LogP contribution in [0, 0.1) is 11.3 Å². The van der Waals surface area contributed by atoms with E-state index < -0.39 is 0 Å². The van der Waals surface area contributed by atoms with Crippen LogP contribution in [0.3, 0.4) is 0 Å². The lowest BCUT2D eigenvalue weighted by Gasteiger charge is -2.32. The van der Waals surface area contributed by atoms with Crippen molar-refractivity contribution in [1.29, 1.82) is 5.41 Å². The van der Waals surface area contributed by atoms with Gasteiger partial charge in [-0.25, -0.2) is 0 Å². The van der Waals surface area contributed by atoms with E-state index in [0.717, 1.165) is 46.4 Å². The minimum atomic E-state index is 0.0432. The van der Waals surface area contributed by atoms with Crippen molar-refractivity contribution in [2.24, 2.45) is 5.92 Å². The average Bonchev–Trinajstić information content (AvgIpc) is 2.67. The van der Waals surface area contributed by atoms with Gasteiger partial charge in [0.15, 0.2) is 5.78 Å². The second-order valence-corrected chi connectivity index (χ2v) is 8.91. The number of nitrogens with zero attached hydrogens (tertiary/aromatic N) is 2. The van der Waals surface area contributed by atoms with Crippen molar-refractivity contribution < 1.29 is 4.79 Å². The SMILES string of the molecule is CN(C)CC1CCC(Nc2c(C(=O)CCC=N)cnc3ccc(Br)cc23)CC1. The Morgan fingerprint density at radius 2 is 2.07 bits per heavy atom. The average molecular weight is 445 g/mol. The number of anilines is 1. The highest BCUT2D eigenvalue weighted by molar-refractivity contribution is 9.10. The molecule has 0 spiro atoms. The molecule has 1 aliphatic rings. The number of carbonyl (C=O) groups is 1. The Bertz CT molecular complexity index is 844. The molecule has 0 radical (unpaired) electrons. The molecule has 150 valence electrons. The van der Waals surface area contributed by atoms with E-state index in [1.54, 1.807) is 6.20 Å². The van der Waals surface area contributed by atoms with Crippen LogP contribution in [0.2, 0.25) is 0 Å². The molecule has 1 aromatic carbocycles. The van der Waals surface area contributed by atoms with E-state index in [-0.39, 0.29) is 5.78 Å². The molecule has 28 heavy (non-hydrogen) atoms. The molecule has 0 unspecified atom stereocenters. The maximum absolute atomic E-state index is 12.8. The van der Waals surface area contributed by atoms with Gasteiger partial charge in [-0.15, -0.1) is 0 Å². The number of Topliss-reactive ketones (excluding diaryl/α,β-unsaturated/α-hetero) is 1. The zero-order valence-corrected chi connectivity index (χ0v) is 18.3. The number of fused-ring (bicyclic) bond motifs is 1. The number of pyridine rings is 1. The van der Waals surface area contributed by atoms with Gasteiger partial charge in [0.2, 0.25) is 0 Å². The van der Waals surface area contributed by atoms with Gasteiger partial charge in [-0.05, 0) is 76.5 Å². The Hall–Kier alpha value is -1.79. The number of hydrogen-bond acceptors (Lipinski definition) is 5. The first-order chi connectivity index (χ1) is 13.5. The van der Waals surface area contributed by atoms with Crippen molar-refractivity contribution in [2.45, 2.75) is 44.6 Å². The summed E-state index contributed by atoms with van der Waals surface area (Å²) in [4.78, 5) is 19.5. The van der Waals surface area contributed by atoms with Crippen LogP contribution < -0.4 is 5.32 Å². The highest BCUT2D eigenvalue weighted by atomic mass is 79.9. The fraction of sp³-hybridized carbons (Fsp3) is 0.500. The number of benzene rings is 1. The first-order valence-electron chi connectivity index (χ1n) is 9.99. The molecule has 3 rings (SSSR count). The molecule has 0 saturated heterocycles. The smallest absolute Gasteiger partial charge is 0.166 e. The number of hydrogen-bond donors (Lipinski definition) is 2. The molecule has 1 aliphatic carbocycles. The van der Waals surface area contributed by atoms with E-state index in [0.29, 0.717) is 24.4 Å². The third kappa shape index (κ3) is 5.17. The fourth-order valence-corrected chi connectivity index (χ4v) is 4.44. The van der Waals surface area contributed by atoms with Crippen molar-refractivity contribution in [2.75, 3.05) is 26.0 Å². The Labute approximate surface area is 175 Å². The Balaban J connectivity index is 1.86. The van der Waals surface area contributed by atoms with E-state index in [9.17, 15) is 4.79 Å². The van der Waals surface area contributed by atoms with Crippen molar-refractivity contribution in [3.63, 3.8) is 0 Å². The maximum Gasteiger partial charge on any atom is 0.166 e. The number of carbonyl (C=O) groups excluding carboxylic acids is 1. The monoisotopic (exact) mass is 444 g/mol. The Morgan fingerprint density at radius 1 is 1.32 bits per heavy atom. The summed E-state index contributed by atoms with van der Waals surface area (Å²) in [5.74, 6) is 0.798. The van der Waals surface area contributed by atoms with Crippen LogP contribution >= 0.6 is 15.9 Å². The largest absolute Gasteiger partial charge is 0.381 e. The number of nitrogens with one attached hydrogen (secondary N) is 2. The highest BCUT2D eigenvalue weighted by Gasteiger charge is 2.24. The summed E-state index contributed by atoms with van der Waals surface area (Å²) >= 11 is 3.55. The number of aromatic nitrogens is 1. The zero-order valence-electron chi connectivity index (χ0n) is 16.7. The van der Waals surface area contributed by atoms with Crippen LogP contribution in [0.5, 0.6) is 0 Å². The van der Waals surface area contributed by atoms with Gasteiger partial charge in [-0.3, -0.25) is 9.78 Å². The van der Waals surface area contributed by atoms with Crippen molar-refractivity contribution in [3.8, 4) is 0 Å². The molecule has 0 atom stereocenters. The quantitative estimate of drug-likeness (QED) is 0.436. The van der Waals surface area contributed by atoms with Gasteiger partial charge in [0.05, 0.1) is 16.8 Å². The van der Waals surface area contributed by atoms with Gasteiger partial charge >= 0.3 is 0 Å². The first kappa shape index (κ1) is 20.9. The summed E-state index contributed by atoms with van der Waals surface area (Å²) in [7, 11) is 4.27. The minimum Gasteiger partial charge on any atom is -0.381 e. The molecule has 0 bridgehead atoms. The lowest BCUT2D eigenvalue weighted by atomic mass is 9.85. The summed E-state index contributed by atoms with van der Waals surface area (Å²) in [6.45, 7) is 1.14. The predicted molar refractivity (Wildman–Crippen MR) is 120 cm³/mol. The van der Waals surface area contributed by atoms with Gasteiger partial charge < -0.3 is 15.6 Å². The first-order valence-corrected chi connectivity index (χ1v) is 10.8. The normalized spacial score (nSPS) is 19.7. The van der Waals surface area contributed by atoms with E-state index in [1.807, 2.05) is 18.2 Å². The summed E-state index contributed by atoms with van der Waals surface area (Å²) in [6, 6.07) is 6.36. The van der Waals surface area contributed by atoms with Gasteiger partial charge in [-0.1, -0.05) is 15.9 Å². The second kappa shape index (κ2) is 9.61. The molecule has 5 nitrogen and oxygen atoms in total. The molecule has 2 N–H and O–H groups in total. The van der Waals surface area contributed by atoms with Crippen LogP contribution in [0.15, 0.2) is 28.9 Å². The molecule has 0 aliphatic heterocycles. The van der Waals surface area contributed by atoms with Crippen LogP contribution in [-0.2, 0) is 0 Å². The van der Waals surface area contributed by atoms with Crippen LogP contribution in [0.1, 0.15) is 48.9 Å². The summed E-state index contributed by atoms with van der Waals surface area (Å²) < 4.78 is 0.976. The molecule has 1 saturated carbocycles. The molecule has 1 heterocycles. The minimum absolute atomic E-state index is 0.0432. The number of halogens is 1. The third-order valence-corrected chi connectivity index (χ3v) is 5.96. The molecule has 2 aromatic rings. The van der Waals surface area contributed by atoms with Crippen LogP contribution in [0.4, 0.5) is 5.69 Å². The van der Waals surface area contributed by atoms with Crippen LogP contribution in [-0.4, -0.2) is 48.6 Å². The zero-order chi connectivity index (χ0) is 20.1.